The predicted molar refractivity (Wildman–Crippen MR) is 209 cm³/mol. The average molecular weight is 745 g/mol. The van der Waals surface area contributed by atoms with E-state index in [-0.39, 0.29) is 30.2 Å². The molecule has 1 N–H and O–H groups in total. The number of ether oxygens (including phenoxy) is 9. The van der Waals surface area contributed by atoms with Gasteiger partial charge in [-0.05, 0) is 60.6 Å². The fourth-order valence-electron chi connectivity index (χ4n) is 5.61. The van der Waals surface area contributed by atoms with Crippen LogP contribution in [0.2, 0.25) is 0 Å². The van der Waals surface area contributed by atoms with Gasteiger partial charge < -0.3 is 47.7 Å². The molecule has 0 atom stereocenters. The zero-order valence-electron chi connectivity index (χ0n) is 33.8. The number of phenolic OH excluding ortho intramolecular Hbond substituents is 1. The lowest BCUT2D eigenvalue weighted by Gasteiger charge is -2.33. The minimum absolute atomic E-state index is 0.0195. The van der Waals surface area contributed by atoms with Gasteiger partial charge in [0.15, 0.2) is 13.6 Å². The van der Waals surface area contributed by atoms with E-state index in [0.717, 1.165) is 27.3 Å². The lowest BCUT2D eigenvalue weighted by molar-refractivity contribution is -0.00873. The van der Waals surface area contributed by atoms with Gasteiger partial charge in [-0.1, -0.05) is 62.3 Å². The summed E-state index contributed by atoms with van der Waals surface area (Å²) in [6.07, 6.45) is 0. The van der Waals surface area contributed by atoms with E-state index < -0.39 is 13.3 Å². The second-order valence-corrected chi connectivity index (χ2v) is 17.6. The molecular formula is C41H61O10P. The quantitative estimate of drug-likeness (QED) is 0.0827. The third-order valence-corrected chi connectivity index (χ3v) is 10.9. The van der Waals surface area contributed by atoms with Gasteiger partial charge in [0, 0.05) is 46.8 Å². The van der Waals surface area contributed by atoms with Crippen molar-refractivity contribution in [1.29, 1.82) is 0 Å². The molecule has 0 aliphatic heterocycles. The van der Waals surface area contributed by atoms with Crippen LogP contribution in [-0.2, 0) is 35.2 Å². The Hall–Kier alpha value is -3.27. The summed E-state index contributed by atoms with van der Waals surface area (Å²) in [6, 6.07) is 11.8. The monoisotopic (exact) mass is 744 g/mol. The van der Waals surface area contributed by atoms with Gasteiger partial charge in [0.25, 0.3) is 0 Å². The van der Waals surface area contributed by atoms with Gasteiger partial charge in [-0.25, -0.2) is 0 Å². The van der Waals surface area contributed by atoms with Crippen molar-refractivity contribution in [3.05, 3.63) is 53.1 Å². The average Bonchev–Trinajstić information content (AvgIpc) is 3.07. The third kappa shape index (κ3) is 10.9. The van der Waals surface area contributed by atoms with Crippen molar-refractivity contribution in [2.24, 2.45) is 0 Å². The molecule has 52 heavy (non-hydrogen) atoms. The molecule has 0 amide bonds. The Kier molecular flexibility index (Phi) is 15.5. The molecule has 10 nitrogen and oxygen atoms in total. The van der Waals surface area contributed by atoms with E-state index in [1.165, 1.54) is 0 Å². The van der Waals surface area contributed by atoms with Crippen LogP contribution < -0.4 is 39.6 Å². The van der Waals surface area contributed by atoms with Crippen molar-refractivity contribution in [2.75, 3.05) is 75.6 Å². The van der Waals surface area contributed by atoms with Crippen LogP contribution in [0.1, 0.15) is 79.0 Å². The molecule has 0 aromatic heterocycles. The summed E-state index contributed by atoms with van der Waals surface area (Å²) >= 11 is 0. The topological polar surface area (TPSA) is 103 Å². The predicted octanol–water partition coefficient (Wildman–Crippen LogP) is 7.07. The third-order valence-electron chi connectivity index (χ3n) is 8.44. The van der Waals surface area contributed by atoms with E-state index in [1.807, 2.05) is 36.4 Å². The molecule has 0 radical (unpaired) electrons. The van der Waals surface area contributed by atoms with Crippen LogP contribution in [0.25, 0.3) is 0 Å². The van der Waals surface area contributed by atoms with Crippen molar-refractivity contribution in [2.45, 2.75) is 78.6 Å². The molecule has 0 saturated carbocycles. The van der Waals surface area contributed by atoms with E-state index in [0.29, 0.717) is 60.5 Å². The zero-order chi connectivity index (χ0) is 38.9. The first kappa shape index (κ1) is 43.1. The SMILES string of the molecule is COCCOCOc1c(P(c2cc(OC)cc(C(C)(C)C)c2O)c2cc(OC)cc(C(C)(C)C)c2OCOCCOC)cc(OC)cc1C(C)(C)C. The highest BCUT2D eigenvalue weighted by Crippen LogP contribution is 2.50. The van der Waals surface area contributed by atoms with Crippen LogP contribution in [0.3, 0.4) is 0 Å². The van der Waals surface area contributed by atoms with Crippen molar-refractivity contribution in [3.63, 3.8) is 0 Å². The number of methoxy groups -OCH3 is 5. The standard InChI is InChI=1S/C41H61O10P/c1-39(2,3)30-19-27(45-12)22-33(36(30)42)52(34-23-28(46-13)20-31(40(4,5)6)37(34)50-25-48-17-15-43-10)35-24-29(47-14)21-32(41(7,8)9)38(35)51-26-49-18-16-44-11/h19-24,42H,15-18,25-26H2,1-14H3. The van der Waals surface area contributed by atoms with Crippen LogP contribution in [-0.4, -0.2) is 80.7 Å². The van der Waals surface area contributed by atoms with E-state index in [1.54, 1.807) is 35.5 Å². The fourth-order valence-corrected chi connectivity index (χ4v) is 8.26. The van der Waals surface area contributed by atoms with Gasteiger partial charge >= 0.3 is 0 Å². The number of phenols is 1. The highest BCUT2D eigenvalue weighted by Gasteiger charge is 2.36. The fraction of sp³-hybridized carbons (Fsp3) is 0.561. The van der Waals surface area contributed by atoms with Gasteiger partial charge in [0.2, 0.25) is 0 Å². The summed E-state index contributed by atoms with van der Waals surface area (Å²) in [5.41, 5.74) is 1.38. The summed E-state index contributed by atoms with van der Waals surface area (Å²) in [5, 5.41) is 14.6. The van der Waals surface area contributed by atoms with E-state index in [2.05, 4.69) is 62.3 Å². The molecule has 0 heterocycles. The number of hydrogen-bond acceptors (Lipinski definition) is 10. The maximum Gasteiger partial charge on any atom is 0.189 e. The summed E-state index contributed by atoms with van der Waals surface area (Å²) in [5.74, 6) is 3.30. The first-order valence-corrected chi connectivity index (χ1v) is 18.8. The summed E-state index contributed by atoms with van der Waals surface area (Å²) in [6.45, 7) is 20.5. The molecule has 0 bridgehead atoms. The van der Waals surface area contributed by atoms with Gasteiger partial charge in [0.05, 0.1) is 47.8 Å². The van der Waals surface area contributed by atoms with Crippen molar-refractivity contribution < 1.29 is 47.7 Å². The minimum Gasteiger partial charge on any atom is -0.507 e. The summed E-state index contributed by atoms with van der Waals surface area (Å²) in [7, 11) is 6.48. The molecule has 0 aliphatic rings. The Bertz CT molecular complexity index is 1520. The number of aromatic hydroxyl groups is 1. The Balaban J connectivity index is 2.61. The largest absolute Gasteiger partial charge is 0.507 e. The van der Waals surface area contributed by atoms with Crippen molar-refractivity contribution in [1.82, 2.24) is 0 Å². The van der Waals surface area contributed by atoms with E-state index in [9.17, 15) is 5.11 Å². The molecule has 0 aliphatic carbocycles. The number of benzene rings is 3. The second kappa shape index (κ2) is 18.7. The highest BCUT2D eigenvalue weighted by atomic mass is 31.1. The normalized spacial score (nSPS) is 12.3. The Morgan fingerprint density at radius 1 is 0.481 bits per heavy atom. The minimum atomic E-state index is -1.72. The maximum absolute atomic E-state index is 12.4. The summed E-state index contributed by atoms with van der Waals surface area (Å²) in [4.78, 5) is 0. The van der Waals surface area contributed by atoms with Crippen molar-refractivity contribution in [3.8, 4) is 34.5 Å². The lowest BCUT2D eigenvalue weighted by Crippen LogP contribution is -2.30. The first-order chi connectivity index (χ1) is 24.4. The van der Waals surface area contributed by atoms with Crippen LogP contribution in [0.4, 0.5) is 0 Å². The van der Waals surface area contributed by atoms with Crippen LogP contribution in [0, 0.1) is 0 Å². The lowest BCUT2D eigenvalue weighted by atomic mass is 9.86. The number of rotatable bonds is 18. The Morgan fingerprint density at radius 2 is 0.827 bits per heavy atom. The van der Waals surface area contributed by atoms with Gasteiger partial charge in [0.1, 0.15) is 34.5 Å². The molecule has 11 heteroatoms. The first-order valence-electron chi connectivity index (χ1n) is 17.5. The molecule has 0 fully saturated rings. The molecule has 0 spiro atoms. The van der Waals surface area contributed by atoms with Gasteiger partial charge in [-0.3, -0.25) is 0 Å². The second-order valence-electron chi connectivity index (χ2n) is 15.5. The molecule has 0 unspecified atom stereocenters. The molecule has 290 valence electrons. The van der Waals surface area contributed by atoms with Gasteiger partial charge in [-0.2, -0.15) is 0 Å². The maximum atomic E-state index is 12.4. The Morgan fingerprint density at radius 3 is 1.15 bits per heavy atom. The van der Waals surface area contributed by atoms with Crippen LogP contribution >= 0.6 is 7.92 Å². The van der Waals surface area contributed by atoms with Crippen molar-refractivity contribution >= 4 is 23.8 Å². The van der Waals surface area contributed by atoms with Crippen LogP contribution in [0.5, 0.6) is 34.5 Å². The number of hydrogen-bond donors (Lipinski definition) is 1. The molecule has 3 aromatic rings. The highest BCUT2D eigenvalue weighted by molar-refractivity contribution is 7.80. The molecule has 3 aromatic carbocycles. The van der Waals surface area contributed by atoms with E-state index in [4.69, 9.17) is 42.6 Å². The molecule has 3 rings (SSSR count). The smallest absolute Gasteiger partial charge is 0.189 e. The molecule has 0 saturated heterocycles. The van der Waals surface area contributed by atoms with Crippen LogP contribution in [0.15, 0.2) is 36.4 Å². The zero-order valence-corrected chi connectivity index (χ0v) is 34.7. The van der Waals surface area contributed by atoms with Gasteiger partial charge in [-0.15, -0.1) is 0 Å². The molecular weight excluding hydrogens is 683 g/mol. The Labute approximate surface area is 312 Å². The summed E-state index contributed by atoms with van der Waals surface area (Å²) < 4.78 is 53.3. The van der Waals surface area contributed by atoms with E-state index >= 15 is 0 Å².